The van der Waals surface area contributed by atoms with Crippen LogP contribution in [0.4, 0.5) is 0 Å². The van der Waals surface area contributed by atoms with Gasteiger partial charge in [-0.25, -0.2) is 0 Å². The van der Waals surface area contributed by atoms with Crippen molar-refractivity contribution in [3.05, 3.63) is 122 Å². The molecule has 0 aromatic rings. The van der Waals surface area contributed by atoms with Gasteiger partial charge in [0.2, 0.25) is 0 Å². The van der Waals surface area contributed by atoms with E-state index < -0.39 is 6.10 Å². The highest BCUT2D eigenvalue weighted by atomic mass is 16.6. The topological polar surface area (TPSA) is 61.8 Å². The molecule has 0 saturated heterocycles. The third-order valence-electron chi connectivity index (χ3n) is 11.5. The quantitative estimate of drug-likeness (QED) is 0.0345. The van der Waals surface area contributed by atoms with E-state index in [1.54, 1.807) is 0 Å². The summed E-state index contributed by atoms with van der Waals surface area (Å²) in [7, 11) is 0. The zero-order valence-corrected chi connectivity index (χ0v) is 44.3. The highest BCUT2D eigenvalue weighted by Crippen LogP contribution is 2.13. The van der Waals surface area contributed by atoms with Gasteiger partial charge in [-0.2, -0.15) is 0 Å². The lowest BCUT2D eigenvalue weighted by Gasteiger charge is -2.18. The van der Waals surface area contributed by atoms with E-state index >= 15 is 0 Å². The smallest absolute Gasteiger partial charge is 0.306 e. The molecule has 1 atom stereocenters. The molecule has 5 nitrogen and oxygen atoms in total. The molecule has 0 bridgehead atoms. The molecular formula is C63H104O5. The van der Waals surface area contributed by atoms with Crippen LogP contribution in [0, 0.1) is 0 Å². The number of esters is 2. The molecule has 0 N–H and O–H groups in total. The van der Waals surface area contributed by atoms with Crippen LogP contribution in [0.15, 0.2) is 122 Å². The monoisotopic (exact) mass is 941 g/mol. The first kappa shape index (κ1) is 64.3. The van der Waals surface area contributed by atoms with E-state index in [0.717, 1.165) is 128 Å². The molecule has 0 fully saturated rings. The minimum atomic E-state index is -0.569. The van der Waals surface area contributed by atoms with Crippen molar-refractivity contribution < 1.29 is 23.8 Å². The van der Waals surface area contributed by atoms with Crippen LogP contribution >= 0.6 is 0 Å². The van der Waals surface area contributed by atoms with Gasteiger partial charge in [-0.3, -0.25) is 9.59 Å². The number of ether oxygens (including phenoxy) is 3. The first-order valence-corrected chi connectivity index (χ1v) is 28.1. The summed E-state index contributed by atoms with van der Waals surface area (Å²) in [6.45, 7) is 7.52. The molecule has 0 spiro atoms. The first-order chi connectivity index (χ1) is 33.6. The first-order valence-electron chi connectivity index (χ1n) is 28.1. The Balaban J connectivity index is 4.37. The summed E-state index contributed by atoms with van der Waals surface area (Å²) >= 11 is 0. The Hall–Kier alpha value is -3.70. The summed E-state index contributed by atoms with van der Waals surface area (Å²) in [5.41, 5.74) is 0. The summed E-state index contributed by atoms with van der Waals surface area (Å²) in [6.07, 6.45) is 80.7. The molecule has 5 heteroatoms. The van der Waals surface area contributed by atoms with Crippen LogP contribution in [0.5, 0.6) is 0 Å². The SMILES string of the molecule is CC/C=C\C/C=C\C/C=C\C/C=C\C/C=C\CCCCCC(=O)OCC(COCCCCCCCCC/C=C\C/C=C\C/C=C\C/C=C\CC)OC(=O)CCCCCCC/C=C\CCCCCC. The van der Waals surface area contributed by atoms with Crippen LogP contribution in [0.3, 0.4) is 0 Å². The number of unbranched alkanes of at least 4 members (excludes halogenated alkanes) is 19. The van der Waals surface area contributed by atoms with E-state index in [9.17, 15) is 9.59 Å². The van der Waals surface area contributed by atoms with Crippen molar-refractivity contribution in [2.75, 3.05) is 19.8 Å². The van der Waals surface area contributed by atoms with E-state index in [1.165, 1.54) is 77.0 Å². The minimum absolute atomic E-state index is 0.0532. The summed E-state index contributed by atoms with van der Waals surface area (Å²) in [5, 5.41) is 0. The molecule has 0 rings (SSSR count). The fourth-order valence-corrected chi connectivity index (χ4v) is 7.34. The summed E-state index contributed by atoms with van der Waals surface area (Å²) in [4.78, 5) is 25.5. The van der Waals surface area contributed by atoms with Crippen LogP contribution in [-0.4, -0.2) is 37.9 Å². The Morgan fingerprint density at radius 2 is 0.662 bits per heavy atom. The Kier molecular flexibility index (Phi) is 54.5. The van der Waals surface area contributed by atoms with Crippen LogP contribution in [0.1, 0.15) is 239 Å². The molecule has 0 aliphatic rings. The molecule has 0 aliphatic heterocycles. The van der Waals surface area contributed by atoms with Gasteiger partial charge in [0.1, 0.15) is 6.61 Å². The number of hydrogen-bond donors (Lipinski definition) is 0. The third-order valence-corrected chi connectivity index (χ3v) is 11.5. The molecule has 0 aromatic carbocycles. The molecular weight excluding hydrogens is 837 g/mol. The molecule has 386 valence electrons. The predicted octanol–water partition coefficient (Wildman–Crippen LogP) is 19.3. The highest BCUT2D eigenvalue weighted by Gasteiger charge is 2.17. The van der Waals surface area contributed by atoms with Crippen LogP contribution in [-0.2, 0) is 23.8 Å². The van der Waals surface area contributed by atoms with Gasteiger partial charge >= 0.3 is 11.9 Å². The zero-order chi connectivity index (χ0) is 49.2. The average Bonchev–Trinajstić information content (AvgIpc) is 3.34. The van der Waals surface area contributed by atoms with Gasteiger partial charge in [-0.1, -0.05) is 219 Å². The Morgan fingerprint density at radius 1 is 0.338 bits per heavy atom. The second-order valence-corrected chi connectivity index (χ2v) is 18.1. The van der Waals surface area contributed by atoms with Crippen molar-refractivity contribution in [3.8, 4) is 0 Å². The van der Waals surface area contributed by atoms with Crippen LogP contribution in [0.25, 0.3) is 0 Å². The number of rotatable bonds is 50. The maximum atomic E-state index is 12.8. The van der Waals surface area contributed by atoms with Gasteiger partial charge in [0.25, 0.3) is 0 Å². The van der Waals surface area contributed by atoms with E-state index in [0.29, 0.717) is 19.4 Å². The number of allylic oxidation sites excluding steroid dienone is 20. The van der Waals surface area contributed by atoms with Crippen molar-refractivity contribution in [3.63, 3.8) is 0 Å². The lowest BCUT2D eigenvalue weighted by atomic mass is 10.1. The van der Waals surface area contributed by atoms with Gasteiger partial charge < -0.3 is 14.2 Å². The molecule has 0 heterocycles. The lowest BCUT2D eigenvalue weighted by Crippen LogP contribution is -2.30. The lowest BCUT2D eigenvalue weighted by molar-refractivity contribution is -0.163. The largest absolute Gasteiger partial charge is 0.462 e. The normalized spacial score (nSPS) is 13.2. The molecule has 0 radical (unpaired) electrons. The van der Waals surface area contributed by atoms with E-state index in [2.05, 4.69) is 142 Å². The Labute approximate surface area is 420 Å². The predicted molar refractivity (Wildman–Crippen MR) is 297 cm³/mol. The van der Waals surface area contributed by atoms with E-state index in [4.69, 9.17) is 14.2 Å². The summed E-state index contributed by atoms with van der Waals surface area (Å²) < 4.78 is 17.4. The van der Waals surface area contributed by atoms with Gasteiger partial charge in [0, 0.05) is 19.4 Å². The second-order valence-electron chi connectivity index (χ2n) is 18.1. The molecule has 0 aliphatic carbocycles. The number of carbonyl (C=O) groups excluding carboxylic acids is 2. The number of carbonyl (C=O) groups is 2. The van der Waals surface area contributed by atoms with Crippen molar-refractivity contribution in [2.45, 2.75) is 245 Å². The van der Waals surface area contributed by atoms with Gasteiger partial charge in [0.15, 0.2) is 6.10 Å². The minimum Gasteiger partial charge on any atom is -0.462 e. The van der Waals surface area contributed by atoms with Crippen LogP contribution < -0.4 is 0 Å². The summed E-state index contributed by atoms with van der Waals surface area (Å²) in [6, 6.07) is 0. The molecule has 1 unspecified atom stereocenters. The maximum absolute atomic E-state index is 12.8. The Bertz CT molecular complexity index is 1390. The number of hydrogen-bond acceptors (Lipinski definition) is 5. The fourth-order valence-electron chi connectivity index (χ4n) is 7.34. The van der Waals surface area contributed by atoms with E-state index in [1.807, 2.05) is 0 Å². The zero-order valence-electron chi connectivity index (χ0n) is 44.3. The van der Waals surface area contributed by atoms with E-state index in [-0.39, 0.29) is 25.2 Å². The van der Waals surface area contributed by atoms with Gasteiger partial charge in [0.05, 0.1) is 6.61 Å². The Morgan fingerprint density at radius 3 is 1.09 bits per heavy atom. The van der Waals surface area contributed by atoms with Crippen molar-refractivity contribution in [1.82, 2.24) is 0 Å². The second kappa shape index (κ2) is 57.6. The molecule has 0 saturated carbocycles. The molecule has 0 amide bonds. The molecule has 0 aromatic heterocycles. The third kappa shape index (κ3) is 54.9. The molecule has 68 heavy (non-hydrogen) atoms. The average molecular weight is 942 g/mol. The van der Waals surface area contributed by atoms with Crippen molar-refractivity contribution in [2.24, 2.45) is 0 Å². The van der Waals surface area contributed by atoms with Crippen LogP contribution in [0.2, 0.25) is 0 Å². The van der Waals surface area contributed by atoms with Gasteiger partial charge in [-0.15, -0.1) is 0 Å². The standard InChI is InChI=1S/C63H104O5/c1-4-7-10-13-16-19-22-25-27-29-31-33-35-37-40-43-46-49-52-55-58-66-59-61(68-63(65)57-54-51-48-45-42-38-24-21-18-15-12-9-6-3)60-67-62(64)56-53-50-47-44-41-39-36-34-32-30-28-26-23-20-17-14-11-8-5-2/h7-8,10-11,16-17,19-21,24-28,31-34,39,41,61H,4-6,9,12-15,18,22-23,29-30,35-38,40,42-60H2,1-3H3/b10-7-,11-8-,19-16-,20-17-,24-21-,27-25-,28-26-,33-31-,34-32-,41-39-. The van der Waals surface area contributed by atoms with Crippen molar-refractivity contribution >= 4 is 11.9 Å². The maximum Gasteiger partial charge on any atom is 0.306 e. The van der Waals surface area contributed by atoms with Crippen molar-refractivity contribution in [1.29, 1.82) is 0 Å². The fraction of sp³-hybridized carbons (Fsp3) is 0.651. The highest BCUT2D eigenvalue weighted by molar-refractivity contribution is 5.70. The van der Waals surface area contributed by atoms with Gasteiger partial charge in [-0.05, 0) is 128 Å². The summed E-state index contributed by atoms with van der Waals surface area (Å²) in [5.74, 6) is -0.455.